The van der Waals surface area contributed by atoms with Crippen molar-refractivity contribution < 1.29 is 9.84 Å². The molecule has 0 saturated heterocycles. The molecule has 1 aliphatic heterocycles. The Morgan fingerprint density at radius 1 is 1.09 bits per heavy atom. The van der Waals surface area contributed by atoms with E-state index in [9.17, 15) is 9.90 Å². The minimum Gasteiger partial charge on any atom is -0.504 e. The number of nitrogens with zero attached hydrogens (tertiary/aromatic N) is 2. The third kappa shape index (κ3) is 3.70. The monoisotopic (exact) mass is 480 g/mol. The van der Waals surface area contributed by atoms with Gasteiger partial charge in [-0.3, -0.25) is 9.36 Å². The zero-order valence-electron chi connectivity index (χ0n) is 19.3. The summed E-state index contributed by atoms with van der Waals surface area (Å²) >= 11 is 1.40. The van der Waals surface area contributed by atoms with Crippen LogP contribution in [-0.4, -0.2) is 16.3 Å². The number of aromatic nitrogens is 1. The van der Waals surface area contributed by atoms with Gasteiger partial charge in [-0.05, 0) is 60.2 Å². The van der Waals surface area contributed by atoms with E-state index in [1.165, 1.54) is 22.5 Å². The Bertz CT molecular complexity index is 1650. The molecule has 1 aliphatic carbocycles. The molecule has 4 aromatic rings. The third-order valence-corrected chi connectivity index (χ3v) is 7.55. The van der Waals surface area contributed by atoms with Gasteiger partial charge in [0.05, 0.1) is 22.9 Å². The number of ether oxygens (including phenoxy) is 1. The summed E-state index contributed by atoms with van der Waals surface area (Å²) in [6, 6.07) is 23.6. The number of fused-ring (bicyclic) bond motifs is 3. The van der Waals surface area contributed by atoms with Crippen molar-refractivity contribution in [1.29, 1.82) is 0 Å². The second-order valence-corrected chi connectivity index (χ2v) is 9.69. The van der Waals surface area contributed by atoms with Crippen molar-refractivity contribution in [2.75, 3.05) is 6.61 Å². The smallest absolute Gasteiger partial charge is 0.271 e. The predicted octanol–water partition coefficient (Wildman–Crippen LogP) is 4.42. The second kappa shape index (κ2) is 8.71. The number of rotatable bonds is 4. The maximum absolute atomic E-state index is 13.8. The molecule has 3 aromatic carbocycles. The summed E-state index contributed by atoms with van der Waals surface area (Å²) in [7, 11) is 0. The quantitative estimate of drug-likeness (QED) is 0.470. The van der Waals surface area contributed by atoms with E-state index in [1.807, 2.05) is 35.8 Å². The van der Waals surface area contributed by atoms with E-state index in [0.29, 0.717) is 21.7 Å². The highest BCUT2D eigenvalue weighted by Gasteiger charge is 2.32. The van der Waals surface area contributed by atoms with E-state index in [4.69, 9.17) is 9.73 Å². The molecule has 0 unspecified atom stereocenters. The molecule has 6 heteroatoms. The highest BCUT2D eigenvalue weighted by Crippen LogP contribution is 2.41. The van der Waals surface area contributed by atoms with Crippen LogP contribution in [0, 0.1) is 0 Å². The molecule has 6 rings (SSSR count). The van der Waals surface area contributed by atoms with Crippen molar-refractivity contribution in [1.82, 2.24) is 4.57 Å². The Labute approximate surface area is 206 Å². The molecule has 174 valence electrons. The molecule has 5 nitrogen and oxygen atoms in total. The molecule has 1 aromatic heterocycles. The molecule has 0 amide bonds. The first kappa shape index (κ1) is 21.6. The van der Waals surface area contributed by atoms with E-state index in [2.05, 4.69) is 36.4 Å². The largest absolute Gasteiger partial charge is 0.504 e. The first-order chi connectivity index (χ1) is 17.1. The third-order valence-electron chi connectivity index (χ3n) is 6.57. The molecule has 1 N–H and O–H groups in total. The summed E-state index contributed by atoms with van der Waals surface area (Å²) in [5.41, 5.74) is 6.47. The second-order valence-electron chi connectivity index (χ2n) is 8.68. The SMILES string of the molecule is CCOc1cc(/C=c2\sc3n(c2=O)[C@H](c2ccccc2)C2=C(N=3)c3ccccc3CC2)ccc1O. The Kier molecular flexibility index (Phi) is 5.38. The van der Waals surface area contributed by atoms with Gasteiger partial charge in [0.15, 0.2) is 16.3 Å². The highest BCUT2D eigenvalue weighted by atomic mass is 32.1. The van der Waals surface area contributed by atoms with Gasteiger partial charge in [0.25, 0.3) is 5.56 Å². The fraction of sp³-hybridized carbons (Fsp3) is 0.172. The van der Waals surface area contributed by atoms with Crippen molar-refractivity contribution in [3.8, 4) is 11.5 Å². The lowest BCUT2D eigenvalue weighted by Gasteiger charge is -2.30. The van der Waals surface area contributed by atoms with Crippen LogP contribution in [0.25, 0.3) is 11.8 Å². The molecule has 0 fully saturated rings. The van der Waals surface area contributed by atoms with Gasteiger partial charge >= 0.3 is 0 Å². The molecular weight excluding hydrogens is 456 g/mol. The lowest BCUT2D eigenvalue weighted by molar-refractivity contribution is 0.318. The number of allylic oxidation sites excluding steroid dienone is 1. The summed E-state index contributed by atoms with van der Waals surface area (Å²) in [5.74, 6) is 0.490. The summed E-state index contributed by atoms with van der Waals surface area (Å²) < 4.78 is 7.98. The van der Waals surface area contributed by atoms with Crippen LogP contribution >= 0.6 is 11.3 Å². The van der Waals surface area contributed by atoms with E-state index < -0.39 is 0 Å². The number of aryl methyl sites for hydroxylation is 1. The molecule has 1 atom stereocenters. The van der Waals surface area contributed by atoms with Crippen molar-refractivity contribution in [3.05, 3.63) is 120 Å². The van der Waals surface area contributed by atoms with E-state index in [1.54, 1.807) is 18.2 Å². The summed E-state index contributed by atoms with van der Waals surface area (Å²) in [6.45, 7) is 2.32. The summed E-state index contributed by atoms with van der Waals surface area (Å²) in [5, 5.41) is 10.1. The van der Waals surface area contributed by atoms with Gasteiger partial charge in [-0.15, -0.1) is 0 Å². The molecular formula is C29H24N2O3S. The Balaban J connectivity index is 1.58. The number of hydrogen-bond donors (Lipinski definition) is 1. The van der Waals surface area contributed by atoms with Crippen molar-refractivity contribution in [2.24, 2.45) is 4.99 Å². The molecule has 2 heterocycles. The van der Waals surface area contributed by atoms with E-state index in [0.717, 1.165) is 35.2 Å². The van der Waals surface area contributed by atoms with Gasteiger partial charge in [0.2, 0.25) is 0 Å². The molecule has 0 radical (unpaired) electrons. The van der Waals surface area contributed by atoms with Crippen LogP contribution in [0.1, 0.15) is 41.6 Å². The number of phenolic OH excluding ortho intramolecular Hbond substituents is 1. The van der Waals surface area contributed by atoms with Gasteiger partial charge < -0.3 is 9.84 Å². The molecule has 2 aliphatic rings. The van der Waals surface area contributed by atoms with Crippen LogP contribution in [0.5, 0.6) is 11.5 Å². The number of aromatic hydroxyl groups is 1. The van der Waals surface area contributed by atoms with Gasteiger partial charge in [-0.1, -0.05) is 72.0 Å². The first-order valence-corrected chi connectivity index (χ1v) is 12.6. The fourth-order valence-electron chi connectivity index (χ4n) is 5.00. The van der Waals surface area contributed by atoms with Crippen LogP contribution in [0.4, 0.5) is 0 Å². The average Bonchev–Trinajstić information content (AvgIpc) is 3.19. The van der Waals surface area contributed by atoms with Crippen LogP contribution in [0.3, 0.4) is 0 Å². The van der Waals surface area contributed by atoms with Gasteiger partial charge in [0, 0.05) is 5.56 Å². The standard InChI is InChI=1S/C29H24N2O3S/c1-2-34-24-16-18(12-15-23(24)32)17-25-28(33)31-27(20-9-4-3-5-10-20)22-14-13-19-8-6-7-11-21(19)26(22)30-29(31)35-25/h3-12,15-17,27,32H,2,13-14H2,1H3/b25-17-/t27-/m1/s1. The predicted molar refractivity (Wildman–Crippen MR) is 138 cm³/mol. The normalized spacial score (nSPS) is 16.8. The van der Waals surface area contributed by atoms with Crippen LogP contribution in [0.15, 0.2) is 88.2 Å². The number of phenols is 1. The molecule has 35 heavy (non-hydrogen) atoms. The topological polar surface area (TPSA) is 63.8 Å². The van der Waals surface area contributed by atoms with E-state index in [-0.39, 0.29) is 17.4 Å². The lowest BCUT2D eigenvalue weighted by Crippen LogP contribution is -2.38. The fourth-order valence-corrected chi connectivity index (χ4v) is 6.00. The average molecular weight is 481 g/mol. The minimum absolute atomic E-state index is 0.0564. The zero-order valence-corrected chi connectivity index (χ0v) is 20.1. The first-order valence-electron chi connectivity index (χ1n) is 11.8. The summed E-state index contributed by atoms with van der Waals surface area (Å²) in [4.78, 5) is 19.5. The number of hydrogen-bond acceptors (Lipinski definition) is 5. The summed E-state index contributed by atoms with van der Waals surface area (Å²) in [6.07, 6.45) is 3.66. The maximum Gasteiger partial charge on any atom is 0.271 e. The van der Waals surface area contributed by atoms with Gasteiger partial charge in [0.1, 0.15) is 0 Å². The van der Waals surface area contributed by atoms with Crippen LogP contribution < -0.4 is 19.6 Å². The van der Waals surface area contributed by atoms with E-state index >= 15 is 0 Å². The van der Waals surface area contributed by atoms with Crippen molar-refractivity contribution in [2.45, 2.75) is 25.8 Å². The molecule has 0 saturated carbocycles. The molecule has 0 bridgehead atoms. The molecule has 0 spiro atoms. The Morgan fingerprint density at radius 2 is 1.89 bits per heavy atom. The highest BCUT2D eigenvalue weighted by molar-refractivity contribution is 7.07. The Morgan fingerprint density at radius 3 is 2.71 bits per heavy atom. The van der Waals surface area contributed by atoms with Crippen LogP contribution in [0.2, 0.25) is 0 Å². The van der Waals surface area contributed by atoms with Crippen molar-refractivity contribution in [3.63, 3.8) is 0 Å². The number of benzene rings is 3. The van der Waals surface area contributed by atoms with Gasteiger partial charge in [-0.2, -0.15) is 0 Å². The lowest BCUT2D eigenvalue weighted by atomic mass is 9.83. The van der Waals surface area contributed by atoms with Gasteiger partial charge in [-0.25, -0.2) is 4.99 Å². The zero-order chi connectivity index (χ0) is 23.9. The van der Waals surface area contributed by atoms with Crippen molar-refractivity contribution >= 4 is 23.1 Å². The maximum atomic E-state index is 13.8. The van der Waals surface area contributed by atoms with Crippen LogP contribution in [-0.2, 0) is 6.42 Å². The Hall–Kier alpha value is -3.90. The number of thiazole rings is 1. The minimum atomic E-state index is -0.184.